The lowest BCUT2D eigenvalue weighted by Gasteiger charge is -2.75. The molecule has 1 aromatic heterocycles. The lowest BCUT2D eigenvalue weighted by atomic mass is 9.35. The second kappa shape index (κ2) is 6.39. The molecule has 0 radical (unpaired) electrons. The van der Waals surface area contributed by atoms with Gasteiger partial charge in [-0.25, -0.2) is 14.8 Å². The van der Waals surface area contributed by atoms with Gasteiger partial charge < -0.3 is 30.3 Å². The zero-order valence-corrected chi connectivity index (χ0v) is 19.7. The average Bonchev–Trinajstić information content (AvgIpc) is 2.94. The number of carboxylic acid groups (broad SMARTS) is 1. The largest absolute Gasteiger partial charge is 0.478 e. The van der Waals surface area contributed by atoms with Crippen molar-refractivity contribution in [1.29, 1.82) is 0 Å². The third kappa shape index (κ3) is 2.19. The molecule has 186 valence electrons. The first-order valence-electron chi connectivity index (χ1n) is 12.5. The van der Waals surface area contributed by atoms with Crippen molar-refractivity contribution in [1.82, 2.24) is 9.97 Å². The van der Waals surface area contributed by atoms with E-state index in [2.05, 4.69) is 13.8 Å². The van der Waals surface area contributed by atoms with Gasteiger partial charge >= 0.3 is 5.97 Å². The molecule has 8 rings (SSSR count). The molecule has 9 heteroatoms. The molecule has 9 nitrogen and oxygen atoms in total. The number of aliphatic hydroxyl groups is 4. The summed E-state index contributed by atoms with van der Waals surface area (Å²) in [5.74, 6) is -4.37. The van der Waals surface area contributed by atoms with Crippen LogP contribution < -0.4 is 0 Å². The summed E-state index contributed by atoms with van der Waals surface area (Å²) in [6.07, 6.45) is -0.706. The summed E-state index contributed by atoms with van der Waals surface area (Å²) in [4.78, 5) is 21.1. The number of ether oxygens (including phenoxy) is 1. The molecule has 5 N–H and O–H groups in total. The molecule has 2 saturated heterocycles. The summed E-state index contributed by atoms with van der Waals surface area (Å²) < 4.78 is 6.12. The number of hydrogen-bond acceptors (Lipinski definition) is 8. The maximum atomic E-state index is 12.3. The van der Waals surface area contributed by atoms with Crippen molar-refractivity contribution in [2.45, 2.75) is 75.0 Å². The van der Waals surface area contributed by atoms with Gasteiger partial charge in [0.15, 0.2) is 0 Å². The fourth-order valence-electron chi connectivity index (χ4n) is 9.17. The maximum absolute atomic E-state index is 12.3. The van der Waals surface area contributed by atoms with E-state index in [1.165, 1.54) is 12.1 Å². The summed E-state index contributed by atoms with van der Waals surface area (Å²) >= 11 is 0. The van der Waals surface area contributed by atoms with Crippen LogP contribution in [0, 0.1) is 22.7 Å². The lowest BCUT2D eigenvalue weighted by molar-refractivity contribution is -0.449. The van der Waals surface area contributed by atoms with Gasteiger partial charge in [0.1, 0.15) is 11.5 Å². The number of carboxylic acids is 1. The lowest BCUT2D eigenvalue weighted by Crippen LogP contribution is -2.86. The van der Waals surface area contributed by atoms with E-state index in [4.69, 9.17) is 14.7 Å². The molecule has 2 aliphatic heterocycles. The fourth-order valence-corrected chi connectivity index (χ4v) is 9.17. The number of fused-ring (bicyclic) bond motifs is 5. The van der Waals surface area contributed by atoms with Crippen molar-refractivity contribution < 1.29 is 35.1 Å². The van der Waals surface area contributed by atoms with E-state index in [0.29, 0.717) is 48.1 Å². The Bertz CT molecular complexity index is 1300. The van der Waals surface area contributed by atoms with Crippen LogP contribution in [0.2, 0.25) is 0 Å². The Morgan fingerprint density at radius 3 is 2.57 bits per heavy atom. The van der Waals surface area contributed by atoms with Crippen LogP contribution in [-0.4, -0.2) is 72.2 Å². The van der Waals surface area contributed by atoms with Crippen LogP contribution in [0.3, 0.4) is 0 Å². The van der Waals surface area contributed by atoms with Crippen molar-refractivity contribution in [3.05, 3.63) is 35.2 Å². The number of benzene rings is 1. The fraction of sp³-hybridized carbons (Fsp3) is 0.654. The predicted octanol–water partition coefficient (Wildman–Crippen LogP) is 1.31. The van der Waals surface area contributed by atoms with Crippen molar-refractivity contribution >= 4 is 17.0 Å². The number of aromatic nitrogens is 2. The Labute approximate surface area is 201 Å². The van der Waals surface area contributed by atoms with Crippen LogP contribution in [-0.2, 0) is 10.2 Å². The van der Waals surface area contributed by atoms with E-state index in [9.17, 15) is 30.3 Å². The highest BCUT2D eigenvalue weighted by Crippen LogP contribution is 2.76. The molecule has 9 atom stereocenters. The molecule has 4 aliphatic carbocycles. The van der Waals surface area contributed by atoms with Crippen LogP contribution in [0.4, 0.5) is 0 Å². The summed E-state index contributed by atoms with van der Waals surface area (Å²) in [5.41, 5.74) is -0.771. The number of aromatic carboxylic acids is 1. The van der Waals surface area contributed by atoms with Gasteiger partial charge in [-0.2, -0.15) is 0 Å². The number of aliphatic hydroxyl groups excluding tert-OH is 3. The first-order valence-corrected chi connectivity index (χ1v) is 12.5. The van der Waals surface area contributed by atoms with Crippen LogP contribution in [0.5, 0.6) is 0 Å². The first kappa shape index (κ1) is 22.1. The van der Waals surface area contributed by atoms with Crippen LogP contribution >= 0.6 is 0 Å². The SMILES string of the molecule is CC1(C)CC[C@H](O)[C@]23CO[C@@](O)([C@@H](O)C12)C12c4nc5ccc(C(=O)O)cc5nc4[C@H](CCC13)[C@H]2O. The van der Waals surface area contributed by atoms with E-state index < -0.39 is 52.7 Å². The maximum Gasteiger partial charge on any atom is 0.335 e. The Kier molecular flexibility index (Phi) is 4.03. The summed E-state index contributed by atoms with van der Waals surface area (Å²) in [5, 5.41) is 56.8. The monoisotopic (exact) mass is 482 g/mol. The minimum atomic E-state index is -2.09. The molecule has 5 fully saturated rings. The molecular formula is C26H30N2O7. The highest BCUT2D eigenvalue weighted by atomic mass is 16.6. The minimum Gasteiger partial charge on any atom is -0.478 e. The highest BCUT2D eigenvalue weighted by Gasteiger charge is 2.85. The van der Waals surface area contributed by atoms with Crippen LogP contribution in [0.15, 0.2) is 18.2 Å². The third-order valence-electron chi connectivity index (χ3n) is 10.4. The van der Waals surface area contributed by atoms with Gasteiger partial charge in [0.05, 0.1) is 46.8 Å². The molecule has 3 unspecified atom stereocenters. The Balaban J connectivity index is 1.52. The van der Waals surface area contributed by atoms with Crippen LogP contribution in [0.1, 0.15) is 67.2 Å². The number of carbonyl (C=O) groups is 1. The average molecular weight is 483 g/mol. The zero-order chi connectivity index (χ0) is 24.7. The van der Waals surface area contributed by atoms with E-state index in [1.54, 1.807) is 6.07 Å². The number of nitrogens with zero attached hydrogens (tertiary/aromatic N) is 2. The molecule has 35 heavy (non-hydrogen) atoms. The van der Waals surface area contributed by atoms with Crippen molar-refractivity contribution in [3.63, 3.8) is 0 Å². The molecule has 2 aromatic rings. The zero-order valence-electron chi connectivity index (χ0n) is 19.7. The van der Waals surface area contributed by atoms with Gasteiger partial charge in [0.25, 0.3) is 0 Å². The standard InChI is InChI=1S/C26H30N2O7/c1-23(2)8-7-16(29)24-10-35-26(34,21(31)18(23)24)25-15(24)6-4-12(20(25)30)17-19(25)28-13-5-3-11(22(32)33)9-14(13)27-17/h3,5,9,12,15-16,18,20-21,29-31,34H,4,6-8,10H2,1-2H3,(H,32,33)/t12-,15?,16-,18?,20+,21-,24+,25?,26-/m0/s1. The number of rotatable bonds is 1. The van der Waals surface area contributed by atoms with Crippen molar-refractivity contribution in [3.8, 4) is 0 Å². The molecule has 4 bridgehead atoms. The Hall–Kier alpha value is -2.17. The van der Waals surface area contributed by atoms with Gasteiger partial charge in [-0.1, -0.05) is 13.8 Å². The van der Waals surface area contributed by atoms with E-state index in [-0.39, 0.29) is 23.5 Å². The summed E-state index contributed by atoms with van der Waals surface area (Å²) in [6.45, 7) is 4.25. The molecule has 3 saturated carbocycles. The van der Waals surface area contributed by atoms with Gasteiger partial charge in [-0.05, 0) is 55.2 Å². The quantitative estimate of drug-likeness (QED) is 0.405. The Morgan fingerprint density at radius 2 is 1.83 bits per heavy atom. The molecular weight excluding hydrogens is 452 g/mol. The second-order valence-electron chi connectivity index (χ2n) is 12.1. The van der Waals surface area contributed by atoms with E-state index in [0.717, 1.165) is 0 Å². The van der Waals surface area contributed by atoms with Crippen molar-refractivity contribution in [2.24, 2.45) is 22.7 Å². The molecule has 6 aliphatic rings. The van der Waals surface area contributed by atoms with Gasteiger partial charge in [-0.15, -0.1) is 0 Å². The summed E-state index contributed by atoms with van der Waals surface area (Å²) in [6, 6.07) is 4.49. The molecule has 2 spiro atoms. The summed E-state index contributed by atoms with van der Waals surface area (Å²) in [7, 11) is 0. The first-order chi connectivity index (χ1) is 16.5. The molecule has 3 heterocycles. The number of hydrogen-bond donors (Lipinski definition) is 5. The van der Waals surface area contributed by atoms with E-state index >= 15 is 0 Å². The van der Waals surface area contributed by atoms with Gasteiger partial charge in [-0.3, -0.25) is 0 Å². The van der Waals surface area contributed by atoms with Crippen LogP contribution in [0.25, 0.3) is 11.0 Å². The smallest absolute Gasteiger partial charge is 0.335 e. The van der Waals surface area contributed by atoms with E-state index in [1.807, 2.05) is 0 Å². The van der Waals surface area contributed by atoms with Gasteiger partial charge in [0, 0.05) is 17.3 Å². The highest BCUT2D eigenvalue weighted by molar-refractivity contribution is 5.92. The predicted molar refractivity (Wildman–Crippen MR) is 122 cm³/mol. The second-order valence-corrected chi connectivity index (χ2v) is 12.1. The molecule has 0 amide bonds. The molecule has 1 aromatic carbocycles. The third-order valence-corrected chi connectivity index (χ3v) is 10.4. The topological polar surface area (TPSA) is 153 Å². The minimum absolute atomic E-state index is 0.0905. The Morgan fingerprint density at radius 1 is 1.06 bits per heavy atom. The van der Waals surface area contributed by atoms with Crippen molar-refractivity contribution in [2.75, 3.05) is 6.61 Å². The van der Waals surface area contributed by atoms with Gasteiger partial charge in [0.2, 0.25) is 5.79 Å². The normalized spacial score (nSPS) is 46.7.